The molecule has 1 aliphatic rings. The molecule has 0 radical (unpaired) electrons. The van der Waals surface area contributed by atoms with E-state index in [1.165, 1.54) is 48.1 Å². The van der Waals surface area contributed by atoms with Crippen molar-refractivity contribution >= 4 is 92.4 Å². The summed E-state index contributed by atoms with van der Waals surface area (Å²) in [5, 5.41) is 6.84. The van der Waals surface area contributed by atoms with Gasteiger partial charge in [-0.3, -0.25) is 0 Å². The number of hydrogen-bond donors (Lipinski definition) is 0. The predicted molar refractivity (Wildman–Crippen MR) is 257 cm³/mol. The highest BCUT2D eigenvalue weighted by Gasteiger charge is 2.36. The topological polar surface area (TPSA) is 29.5 Å². The molecule has 0 N–H and O–H groups in total. The lowest BCUT2D eigenvalue weighted by atomic mass is 9.82. The first kappa shape index (κ1) is 34.5. The summed E-state index contributed by atoms with van der Waals surface area (Å²) in [5.41, 5.74) is 16.5. The Labute approximate surface area is 356 Å². The van der Waals surface area contributed by atoms with Crippen LogP contribution in [0.25, 0.3) is 97.4 Å². The lowest BCUT2D eigenvalue weighted by Gasteiger charge is -2.29. The number of fused-ring (bicyclic) bond motifs is 12. The fraction of sp³-hybridized carbons (Fsp3) is 0.0526. The maximum atomic E-state index is 6.96. The van der Waals surface area contributed by atoms with Crippen molar-refractivity contribution in [2.45, 2.75) is 19.3 Å². The predicted octanol–water partition coefficient (Wildman–Crippen LogP) is 17.0. The summed E-state index contributed by atoms with van der Waals surface area (Å²) in [7, 11) is 0. The van der Waals surface area contributed by atoms with E-state index in [1.54, 1.807) is 0 Å². The maximum absolute atomic E-state index is 6.96. The molecule has 12 aromatic rings. The Morgan fingerprint density at radius 3 is 2.08 bits per heavy atom. The van der Waals surface area contributed by atoms with Gasteiger partial charge in [0.15, 0.2) is 0 Å². The molecule has 61 heavy (non-hydrogen) atoms. The van der Waals surface area contributed by atoms with Crippen LogP contribution in [0.2, 0.25) is 0 Å². The van der Waals surface area contributed by atoms with E-state index < -0.39 is 0 Å². The van der Waals surface area contributed by atoms with Crippen LogP contribution >= 0.6 is 11.3 Å². The molecule has 0 bridgehead atoms. The van der Waals surface area contributed by atoms with Crippen LogP contribution in [0, 0.1) is 0 Å². The molecule has 0 fully saturated rings. The molecule has 0 unspecified atom stereocenters. The van der Waals surface area contributed by atoms with Crippen LogP contribution in [0.15, 0.2) is 197 Å². The van der Waals surface area contributed by atoms with Crippen LogP contribution in [0.4, 0.5) is 17.1 Å². The fourth-order valence-electron chi connectivity index (χ4n) is 10.2. The summed E-state index contributed by atoms with van der Waals surface area (Å²) >= 11 is 1.87. The Morgan fingerprint density at radius 2 is 1.16 bits per heavy atom. The second-order valence-corrected chi connectivity index (χ2v) is 17.9. The van der Waals surface area contributed by atoms with Crippen LogP contribution in [0.3, 0.4) is 0 Å². The minimum absolute atomic E-state index is 0.128. The van der Waals surface area contributed by atoms with Crippen LogP contribution in [-0.4, -0.2) is 0 Å². The highest BCUT2D eigenvalue weighted by molar-refractivity contribution is 7.26. The van der Waals surface area contributed by atoms with Gasteiger partial charge in [0.05, 0.1) is 10.4 Å². The maximum Gasteiger partial charge on any atom is 0.144 e. The molecule has 13 rings (SSSR count). The van der Waals surface area contributed by atoms with Gasteiger partial charge in [-0.1, -0.05) is 141 Å². The Kier molecular flexibility index (Phi) is 7.23. The molecule has 0 aliphatic heterocycles. The largest absolute Gasteiger partial charge is 0.456 e. The average Bonchev–Trinajstić information content (AvgIpc) is 4.04. The van der Waals surface area contributed by atoms with Gasteiger partial charge in [0, 0.05) is 59.4 Å². The highest BCUT2D eigenvalue weighted by atomic mass is 32.1. The first-order chi connectivity index (χ1) is 30.0. The van der Waals surface area contributed by atoms with Crippen molar-refractivity contribution in [2.75, 3.05) is 4.90 Å². The average molecular weight is 800 g/mol. The van der Waals surface area contributed by atoms with E-state index in [9.17, 15) is 0 Å². The number of anilines is 3. The van der Waals surface area contributed by atoms with Crippen LogP contribution in [0.1, 0.15) is 25.0 Å². The third-order valence-corrected chi connectivity index (χ3v) is 14.3. The third kappa shape index (κ3) is 5.03. The zero-order chi connectivity index (χ0) is 40.4. The number of nitrogens with zero attached hydrogens (tertiary/aromatic N) is 1. The van der Waals surface area contributed by atoms with Gasteiger partial charge in [-0.15, -0.1) is 11.3 Å². The highest BCUT2D eigenvalue weighted by Crippen LogP contribution is 2.52. The molecule has 288 valence electrons. The number of thiophene rings is 1. The van der Waals surface area contributed by atoms with Gasteiger partial charge in [-0.2, -0.15) is 0 Å². The van der Waals surface area contributed by atoms with E-state index >= 15 is 0 Å². The van der Waals surface area contributed by atoms with Gasteiger partial charge in [0.2, 0.25) is 0 Å². The van der Waals surface area contributed by atoms with Crippen LogP contribution in [-0.2, 0) is 5.41 Å². The van der Waals surface area contributed by atoms with Gasteiger partial charge in [0.25, 0.3) is 0 Å². The molecule has 3 nitrogen and oxygen atoms in total. The van der Waals surface area contributed by atoms with Crippen molar-refractivity contribution in [1.29, 1.82) is 0 Å². The summed E-state index contributed by atoms with van der Waals surface area (Å²) in [6.45, 7) is 4.71. The van der Waals surface area contributed by atoms with Gasteiger partial charge in [0.1, 0.15) is 22.3 Å². The lowest BCUT2D eigenvalue weighted by Crippen LogP contribution is -2.16. The quantitative estimate of drug-likeness (QED) is 0.174. The lowest BCUT2D eigenvalue weighted by molar-refractivity contribution is 0.660. The SMILES string of the molecule is CC1(C)c2ccccc2-c2ccc(N(c3cccc(-c4ccc5c(c4)oc4c(-c6ccccc6)c6c(cc45)oc4ccccc46)c3)c3cccc4c3sc3ccccc34)cc21. The van der Waals surface area contributed by atoms with Gasteiger partial charge < -0.3 is 13.7 Å². The number of para-hydroxylation sites is 1. The summed E-state index contributed by atoms with van der Waals surface area (Å²) in [5.74, 6) is 0. The van der Waals surface area contributed by atoms with Crippen LogP contribution < -0.4 is 4.90 Å². The normalized spacial score (nSPS) is 13.2. The molecule has 0 saturated heterocycles. The summed E-state index contributed by atoms with van der Waals surface area (Å²) in [6.07, 6.45) is 0. The van der Waals surface area contributed by atoms with E-state index in [4.69, 9.17) is 8.83 Å². The molecule has 9 aromatic carbocycles. The van der Waals surface area contributed by atoms with Crippen molar-refractivity contribution in [3.05, 3.63) is 199 Å². The second kappa shape index (κ2) is 12.8. The molecule has 0 atom stereocenters. The first-order valence-electron chi connectivity index (χ1n) is 20.9. The zero-order valence-electron chi connectivity index (χ0n) is 33.6. The molecule has 1 aliphatic carbocycles. The molecule has 0 amide bonds. The van der Waals surface area contributed by atoms with Gasteiger partial charge >= 0.3 is 0 Å². The molecule has 3 aromatic heterocycles. The number of hydrogen-bond acceptors (Lipinski definition) is 4. The minimum atomic E-state index is -0.128. The molecule has 4 heteroatoms. The van der Waals surface area contributed by atoms with Crippen molar-refractivity contribution in [3.8, 4) is 33.4 Å². The first-order valence-corrected chi connectivity index (χ1v) is 21.7. The molecular formula is C57H37NO2S. The summed E-state index contributed by atoms with van der Waals surface area (Å²) in [6, 6.07) is 68.1. The van der Waals surface area contributed by atoms with Gasteiger partial charge in [-0.25, -0.2) is 0 Å². The Bertz CT molecular complexity index is 3750. The molecule has 0 spiro atoms. The van der Waals surface area contributed by atoms with E-state index in [0.29, 0.717) is 0 Å². The molecule has 3 heterocycles. The fourth-order valence-corrected chi connectivity index (χ4v) is 11.4. The monoisotopic (exact) mass is 799 g/mol. The smallest absolute Gasteiger partial charge is 0.144 e. The molecule has 0 saturated carbocycles. The second-order valence-electron chi connectivity index (χ2n) is 16.8. The zero-order valence-corrected chi connectivity index (χ0v) is 34.4. The summed E-state index contributed by atoms with van der Waals surface area (Å²) < 4.78 is 16.0. The van der Waals surface area contributed by atoms with Crippen molar-refractivity contribution < 1.29 is 8.83 Å². The number of furan rings is 2. The molecular weight excluding hydrogens is 763 g/mol. The minimum Gasteiger partial charge on any atom is -0.456 e. The Morgan fingerprint density at radius 1 is 0.443 bits per heavy atom. The van der Waals surface area contributed by atoms with Crippen molar-refractivity contribution in [1.82, 2.24) is 0 Å². The van der Waals surface area contributed by atoms with Crippen molar-refractivity contribution in [2.24, 2.45) is 0 Å². The van der Waals surface area contributed by atoms with E-state index in [1.807, 2.05) is 23.5 Å². The van der Waals surface area contributed by atoms with Crippen molar-refractivity contribution in [3.63, 3.8) is 0 Å². The van der Waals surface area contributed by atoms with E-state index in [0.717, 1.165) is 77.5 Å². The standard InChI is InChI=1S/C57H37NO2S/c1-57(2)46-22-9-6-18-39(46)40-29-27-38(32-47(40)57)58(48-23-13-21-43-42-19-8-11-25-52(42)61-56(43)48)37-17-12-16-35(30-37)36-26-28-41-45-33-51-54(44-20-7-10-24-49(44)59-51)53(34-14-4-3-5-15-34)55(45)60-50(41)31-36/h3-33H,1-2H3. The van der Waals surface area contributed by atoms with Crippen LogP contribution in [0.5, 0.6) is 0 Å². The Balaban J connectivity index is 0.997. The Hall–Kier alpha value is -7.40. The summed E-state index contributed by atoms with van der Waals surface area (Å²) in [4.78, 5) is 2.46. The number of benzene rings is 9. The van der Waals surface area contributed by atoms with E-state index in [2.05, 4.69) is 195 Å². The van der Waals surface area contributed by atoms with E-state index in [-0.39, 0.29) is 5.41 Å². The van der Waals surface area contributed by atoms with Gasteiger partial charge in [-0.05, 0) is 99.6 Å². The third-order valence-electron chi connectivity index (χ3n) is 13.1. The number of rotatable bonds is 5.